The van der Waals surface area contributed by atoms with Crippen LogP contribution in [0.4, 0.5) is 0 Å². The lowest BCUT2D eigenvalue weighted by molar-refractivity contribution is 0.141. The largest absolute Gasteiger partial charge is 0.488 e. The Hall–Kier alpha value is -1.73. The van der Waals surface area contributed by atoms with Gasteiger partial charge in [-0.2, -0.15) is 5.10 Å². The van der Waals surface area contributed by atoms with E-state index in [4.69, 9.17) is 21.7 Å². The molecule has 1 aliphatic rings. The second kappa shape index (κ2) is 7.33. The number of thiocarbonyl (C=S) groups is 1. The van der Waals surface area contributed by atoms with Crippen LogP contribution in [0.15, 0.2) is 23.4 Å². The lowest BCUT2D eigenvalue weighted by Gasteiger charge is -2.13. The van der Waals surface area contributed by atoms with Gasteiger partial charge < -0.3 is 14.4 Å². The number of nitrogens with zero attached hydrogens (tertiary/aromatic N) is 3. The Labute approximate surface area is 130 Å². The van der Waals surface area contributed by atoms with Crippen LogP contribution in [-0.2, 0) is 4.74 Å². The molecule has 2 rings (SSSR count). The summed E-state index contributed by atoms with van der Waals surface area (Å²) >= 11 is 5.12. The predicted octanol–water partition coefficient (Wildman–Crippen LogP) is 1.41. The predicted molar refractivity (Wildman–Crippen MR) is 85.7 cm³/mol. The Morgan fingerprint density at radius 2 is 2.38 bits per heavy atom. The zero-order valence-electron chi connectivity index (χ0n) is 12.5. The lowest BCUT2D eigenvalue weighted by Crippen LogP contribution is -2.31. The van der Waals surface area contributed by atoms with Crippen molar-refractivity contribution in [3.63, 3.8) is 0 Å². The van der Waals surface area contributed by atoms with E-state index in [1.807, 2.05) is 33.2 Å². The highest BCUT2D eigenvalue weighted by molar-refractivity contribution is 7.80. The monoisotopic (exact) mass is 308 g/mol. The summed E-state index contributed by atoms with van der Waals surface area (Å²) in [5, 5.41) is 4.78. The first-order valence-corrected chi connectivity index (χ1v) is 7.19. The number of hydrazone groups is 1. The molecule has 21 heavy (non-hydrogen) atoms. The molecule has 0 aromatic carbocycles. The van der Waals surface area contributed by atoms with Gasteiger partial charge in [-0.3, -0.25) is 10.4 Å². The van der Waals surface area contributed by atoms with Gasteiger partial charge in [0.25, 0.3) is 0 Å². The van der Waals surface area contributed by atoms with Gasteiger partial charge in [-0.15, -0.1) is 0 Å². The normalized spacial score (nSPS) is 18.4. The number of nitrogens with one attached hydrogen (secondary N) is 1. The summed E-state index contributed by atoms with van der Waals surface area (Å²) in [6.45, 7) is 3.27. The molecule has 0 unspecified atom stereocenters. The number of hydrogen-bond donors (Lipinski definition) is 1. The van der Waals surface area contributed by atoms with Crippen molar-refractivity contribution in [1.82, 2.24) is 15.3 Å². The second-order valence-corrected chi connectivity index (χ2v) is 5.38. The number of pyridine rings is 1. The molecule has 1 N–H and O–H groups in total. The summed E-state index contributed by atoms with van der Waals surface area (Å²) < 4.78 is 11.2. The van der Waals surface area contributed by atoms with Gasteiger partial charge in [-0.1, -0.05) is 0 Å². The molecular weight excluding hydrogens is 288 g/mol. The van der Waals surface area contributed by atoms with Crippen LogP contribution in [0.2, 0.25) is 0 Å². The Bertz CT molecular complexity index is 527. The van der Waals surface area contributed by atoms with Crippen LogP contribution in [0.3, 0.4) is 0 Å². The van der Waals surface area contributed by atoms with E-state index < -0.39 is 0 Å². The first-order valence-electron chi connectivity index (χ1n) is 6.78. The van der Waals surface area contributed by atoms with E-state index in [-0.39, 0.29) is 6.10 Å². The van der Waals surface area contributed by atoms with E-state index >= 15 is 0 Å². The molecule has 6 nitrogen and oxygen atoms in total. The maximum atomic E-state index is 5.86. The molecule has 1 fully saturated rings. The summed E-state index contributed by atoms with van der Waals surface area (Å²) in [6, 6.07) is 3.71. The van der Waals surface area contributed by atoms with Crippen LogP contribution in [0.5, 0.6) is 5.75 Å². The Balaban J connectivity index is 2.01. The number of aromatic nitrogens is 1. The van der Waals surface area contributed by atoms with Crippen molar-refractivity contribution in [2.24, 2.45) is 5.10 Å². The number of ether oxygens (including phenoxy) is 2. The SMILES string of the molecule is C/C(=N\NC(=S)N(C)C)c1cc(O[C@@H]2CCOC2)ccn1. The quantitative estimate of drug-likeness (QED) is 0.515. The van der Waals surface area contributed by atoms with Gasteiger partial charge in [0.05, 0.1) is 24.6 Å². The van der Waals surface area contributed by atoms with E-state index in [2.05, 4.69) is 15.5 Å². The van der Waals surface area contributed by atoms with Gasteiger partial charge in [0.2, 0.25) is 0 Å². The van der Waals surface area contributed by atoms with Crippen molar-refractivity contribution in [3.05, 3.63) is 24.0 Å². The summed E-state index contributed by atoms with van der Waals surface area (Å²) in [5.74, 6) is 0.778. The summed E-state index contributed by atoms with van der Waals surface area (Å²) in [6.07, 6.45) is 2.75. The zero-order valence-corrected chi connectivity index (χ0v) is 13.3. The number of hydrogen-bond acceptors (Lipinski definition) is 5. The minimum absolute atomic E-state index is 0.122. The van der Waals surface area contributed by atoms with Crippen molar-refractivity contribution in [2.75, 3.05) is 27.3 Å². The third-order valence-corrected chi connectivity index (χ3v) is 3.47. The minimum atomic E-state index is 0.122. The molecule has 1 aromatic rings. The lowest BCUT2D eigenvalue weighted by atomic mass is 10.2. The van der Waals surface area contributed by atoms with Crippen LogP contribution < -0.4 is 10.2 Å². The molecule has 2 heterocycles. The molecule has 0 aliphatic carbocycles. The average Bonchev–Trinajstić information content (AvgIpc) is 2.97. The van der Waals surface area contributed by atoms with E-state index in [0.29, 0.717) is 11.7 Å². The van der Waals surface area contributed by atoms with Gasteiger partial charge in [0.1, 0.15) is 11.9 Å². The van der Waals surface area contributed by atoms with Crippen LogP contribution in [0.25, 0.3) is 0 Å². The van der Waals surface area contributed by atoms with Crippen molar-refractivity contribution in [1.29, 1.82) is 0 Å². The zero-order chi connectivity index (χ0) is 15.2. The molecule has 0 amide bonds. The van der Waals surface area contributed by atoms with E-state index in [1.165, 1.54) is 0 Å². The first-order chi connectivity index (χ1) is 10.1. The van der Waals surface area contributed by atoms with Crippen LogP contribution >= 0.6 is 12.2 Å². The molecule has 1 atom stereocenters. The summed E-state index contributed by atoms with van der Waals surface area (Å²) in [5.41, 5.74) is 4.31. The van der Waals surface area contributed by atoms with Gasteiger partial charge in [-0.05, 0) is 25.2 Å². The van der Waals surface area contributed by atoms with Crippen LogP contribution in [0.1, 0.15) is 19.0 Å². The molecule has 7 heteroatoms. The highest BCUT2D eigenvalue weighted by Crippen LogP contribution is 2.17. The van der Waals surface area contributed by atoms with E-state index in [1.54, 1.807) is 11.1 Å². The smallest absolute Gasteiger partial charge is 0.189 e. The van der Waals surface area contributed by atoms with Crippen LogP contribution in [0, 0.1) is 0 Å². The topological polar surface area (TPSA) is 59.0 Å². The molecular formula is C14H20N4O2S. The van der Waals surface area contributed by atoms with Crippen molar-refractivity contribution < 1.29 is 9.47 Å². The first kappa shape index (κ1) is 15.7. The molecule has 0 spiro atoms. The van der Waals surface area contributed by atoms with Gasteiger partial charge >= 0.3 is 0 Å². The maximum absolute atomic E-state index is 5.86. The molecule has 1 aromatic heterocycles. The second-order valence-electron chi connectivity index (χ2n) is 4.99. The third-order valence-electron chi connectivity index (χ3n) is 3.02. The molecule has 114 valence electrons. The van der Waals surface area contributed by atoms with Crippen molar-refractivity contribution in [2.45, 2.75) is 19.4 Å². The van der Waals surface area contributed by atoms with Crippen molar-refractivity contribution in [3.8, 4) is 5.75 Å². The summed E-state index contributed by atoms with van der Waals surface area (Å²) in [7, 11) is 3.72. The minimum Gasteiger partial charge on any atom is -0.488 e. The highest BCUT2D eigenvalue weighted by Gasteiger charge is 2.17. The van der Waals surface area contributed by atoms with E-state index in [9.17, 15) is 0 Å². The third kappa shape index (κ3) is 4.64. The fourth-order valence-corrected chi connectivity index (χ4v) is 1.82. The highest BCUT2D eigenvalue weighted by atomic mass is 32.1. The molecule has 1 saturated heterocycles. The Morgan fingerprint density at radius 1 is 1.57 bits per heavy atom. The maximum Gasteiger partial charge on any atom is 0.189 e. The Kier molecular flexibility index (Phi) is 5.46. The van der Waals surface area contributed by atoms with Gasteiger partial charge in [0.15, 0.2) is 5.11 Å². The van der Waals surface area contributed by atoms with Crippen LogP contribution in [-0.4, -0.2) is 54.1 Å². The molecule has 0 saturated carbocycles. The standard InChI is InChI=1S/C14H20N4O2S/c1-10(16-17-14(21)18(2)3)13-8-11(4-6-15-13)20-12-5-7-19-9-12/h4,6,8,12H,5,7,9H2,1-3H3,(H,17,21)/b16-10+/t12-/m1/s1. The molecule has 0 bridgehead atoms. The average molecular weight is 308 g/mol. The fraction of sp³-hybridized carbons (Fsp3) is 0.500. The van der Waals surface area contributed by atoms with E-state index in [0.717, 1.165) is 30.2 Å². The molecule has 0 radical (unpaired) electrons. The summed E-state index contributed by atoms with van der Waals surface area (Å²) in [4.78, 5) is 6.07. The van der Waals surface area contributed by atoms with Gasteiger partial charge in [-0.25, -0.2) is 0 Å². The van der Waals surface area contributed by atoms with Gasteiger partial charge in [0, 0.05) is 32.8 Å². The fourth-order valence-electron chi connectivity index (χ4n) is 1.77. The Morgan fingerprint density at radius 3 is 3.05 bits per heavy atom. The number of rotatable bonds is 4. The van der Waals surface area contributed by atoms with Crippen molar-refractivity contribution >= 4 is 23.0 Å². The molecule has 1 aliphatic heterocycles.